The van der Waals surface area contributed by atoms with Gasteiger partial charge in [-0.2, -0.15) is 4.31 Å². The Hall–Kier alpha value is -4.00. The number of nitrogens with zero attached hydrogens (tertiary/aromatic N) is 3. The Morgan fingerprint density at radius 1 is 1.08 bits per heavy atom. The molecule has 0 radical (unpaired) electrons. The van der Waals surface area contributed by atoms with Crippen molar-refractivity contribution in [3.63, 3.8) is 0 Å². The molecule has 0 spiro atoms. The van der Waals surface area contributed by atoms with Gasteiger partial charge in [0.2, 0.25) is 10.0 Å². The lowest BCUT2D eigenvalue weighted by molar-refractivity contribution is 0.0950. The van der Waals surface area contributed by atoms with Gasteiger partial charge >= 0.3 is 0 Å². The molecule has 2 aromatic heterocycles. The van der Waals surface area contributed by atoms with Crippen molar-refractivity contribution in [1.29, 1.82) is 0 Å². The monoisotopic (exact) mass is 502 g/mol. The summed E-state index contributed by atoms with van der Waals surface area (Å²) in [7, 11) is -3.76. The number of carbonyl (C=O) groups is 1. The van der Waals surface area contributed by atoms with E-state index < -0.39 is 10.0 Å². The molecule has 0 saturated carbocycles. The molecule has 1 amide bonds. The van der Waals surface area contributed by atoms with Crippen molar-refractivity contribution >= 4 is 21.6 Å². The summed E-state index contributed by atoms with van der Waals surface area (Å²) in [6, 6.07) is 13.8. The molecule has 0 atom stereocenters. The van der Waals surface area contributed by atoms with E-state index in [4.69, 9.17) is 0 Å². The normalized spacial score (nSPS) is 14.2. The van der Waals surface area contributed by atoms with Gasteiger partial charge < -0.3 is 9.72 Å². The first-order valence-electron chi connectivity index (χ1n) is 11.4. The zero-order valence-electron chi connectivity index (χ0n) is 19.5. The van der Waals surface area contributed by atoms with Crippen molar-refractivity contribution in [3.8, 4) is 11.8 Å². The second kappa shape index (κ2) is 9.57. The van der Waals surface area contributed by atoms with Gasteiger partial charge in [-0.3, -0.25) is 4.79 Å². The average molecular weight is 503 g/mol. The summed E-state index contributed by atoms with van der Waals surface area (Å²) >= 11 is 0. The fraction of sp³-hybridized carbons (Fsp3) is 0.185. The minimum absolute atomic E-state index is 0.0466. The first-order chi connectivity index (χ1) is 17.3. The van der Waals surface area contributed by atoms with Crippen LogP contribution in [0.2, 0.25) is 0 Å². The summed E-state index contributed by atoms with van der Waals surface area (Å²) in [4.78, 5) is 17.2. The molecule has 7 nitrogen and oxygen atoms in total. The smallest absolute Gasteiger partial charge is 0.251 e. The van der Waals surface area contributed by atoms with Gasteiger partial charge in [0.15, 0.2) is 0 Å². The standard InChI is InChI=1S/C27H23FN4O3S/c1-19-17-32(18-19)36(34,35)25-9-6-23(15-22(25)5-2-20-3-7-24(28)8-4-20)27(33)30-16-21-10-12-31-13-11-29-26(31)14-21/h3-4,6-15,19H,16-18H2,1H3,(H,30,33). The molecule has 5 rings (SSSR count). The SMILES string of the molecule is CC1CN(S(=O)(=O)c2ccc(C(=O)NCc3ccn4ccnc4c3)cc2C#Cc2ccc(F)cc2)C1. The summed E-state index contributed by atoms with van der Waals surface area (Å²) in [6.45, 7) is 3.15. The summed E-state index contributed by atoms with van der Waals surface area (Å²) < 4.78 is 43.0. The largest absolute Gasteiger partial charge is 0.348 e. The predicted molar refractivity (Wildman–Crippen MR) is 133 cm³/mol. The third kappa shape index (κ3) is 4.87. The number of imidazole rings is 1. The number of hydrogen-bond donors (Lipinski definition) is 1. The summed E-state index contributed by atoms with van der Waals surface area (Å²) in [6.07, 6.45) is 5.40. The van der Waals surface area contributed by atoms with E-state index >= 15 is 0 Å². The number of halogens is 1. The van der Waals surface area contributed by atoms with E-state index in [1.54, 1.807) is 6.20 Å². The Bertz CT molecular complexity index is 1610. The molecular weight excluding hydrogens is 479 g/mol. The molecule has 0 bridgehead atoms. The van der Waals surface area contributed by atoms with E-state index in [2.05, 4.69) is 22.1 Å². The van der Waals surface area contributed by atoms with Crippen molar-refractivity contribution in [2.75, 3.05) is 13.1 Å². The maximum Gasteiger partial charge on any atom is 0.251 e. The number of aromatic nitrogens is 2. The lowest BCUT2D eigenvalue weighted by Gasteiger charge is -2.36. The van der Waals surface area contributed by atoms with Crippen molar-refractivity contribution in [1.82, 2.24) is 19.0 Å². The number of fused-ring (bicyclic) bond motifs is 1. The van der Waals surface area contributed by atoms with E-state index in [0.29, 0.717) is 24.6 Å². The van der Waals surface area contributed by atoms with Crippen LogP contribution in [0.3, 0.4) is 0 Å². The number of amides is 1. The van der Waals surface area contributed by atoms with Crippen molar-refractivity contribution in [3.05, 3.63) is 101 Å². The third-order valence-corrected chi connectivity index (χ3v) is 7.88. The molecular formula is C27H23FN4O3S. The number of sulfonamides is 1. The molecule has 0 aliphatic carbocycles. The Balaban J connectivity index is 1.43. The van der Waals surface area contributed by atoms with Crippen molar-refractivity contribution in [2.24, 2.45) is 5.92 Å². The highest BCUT2D eigenvalue weighted by Gasteiger charge is 2.35. The Kier molecular flexibility index (Phi) is 6.31. The number of carbonyl (C=O) groups excluding carboxylic acids is 1. The highest BCUT2D eigenvalue weighted by molar-refractivity contribution is 7.89. The molecule has 1 fully saturated rings. The van der Waals surface area contributed by atoms with Crippen LogP contribution in [0.1, 0.15) is 34.0 Å². The number of nitrogens with one attached hydrogen (secondary N) is 1. The zero-order valence-corrected chi connectivity index (χ0v) is 20.3. The van der Waals surface area contributed by atoms with Crippen LogP contribution in [0.4, 0.5) is 4.39 Å². The number of pyridine rings is 1. The van der Waals surface area contributed by atoms with Gasteiger partial charge in [0.05, 0.1) is 4.90 Å². The minimum Gasteiger partial charge on any atom is -0.348 e. The van der Waals surface area contributed by atoms with Gasteiger partial charge in [-0.25, -0.2) is 17.8 Å². The highest BCUT2D eigenvalue weighted by Crippen LogP contribution is 2.27. The summed E-state index contributed by atoms with van der Waals surface area (Å²) in [5, 5.41) is 2.86. The Labute approximate surface area is 208 Å². The van der Waals surface area contributed by atoms with Gasteiger partial charge in [0.25, 0.3) is 5.91 Å². The first-order valence-corrected chi connectivity index (χ1v) is 12.9. The van der Waals surface area contributed by atoms with Crippen LogP contribution in [-0.4, -0.2) is 41.1 Å². The molecule has 3 heterocycles. The second-order valence-corrected chi connectivity index (χ2v) is 10.7. The van der Waals surface area contributed by atoms with E-state index in [0.717, 1.165) is 11.2 Å². The number of benzene rings is 2. The van der Waals surface area contributed by atoms with Crippen LogP contribution in [0.5, 0.6) is 0 Å². The third-order valence-electron chi connectivity index (χ3n) is 5.99. The molecule has 1 saturated heterocycles. The summed E-state index contributed by atoms with van der Waals surface area (Å²) in [5.41, 5.74) is 2.68. The predicted octanol–water partition coefficient (Wildman–Crippen LogP) is 3.44. The average Bonchev–Trinajstić information content (AvgIpc) is 3.33. The maximum absolute atomic E-state index is 13.3. The first kappa shape index (κ1) is 23.7. The van der Waals surface area contributed by atoms with Crippen LogP contribution in [-0.2, 0) is 16.6 Å². The van der Waals surface area contributed by atoms with Gasteiger partial charge in [0.1, 0.15) is 11.5 Å². The van der Waals surface area contributed by atoms with Crippen LogP contribution >= 0.6 is 0 Å². The van der Waals surface area contributed by atoms with Gasteiger partial charge in [-0.15, -0.1) is 0 Å². The highest BCUT2D eigenvalue weighted by atomic mass is 32.2. The molecule has 2 aromatic carbocycles. The molecule has 182 valence electrons. The topological polar surface area (TPSA) is 83.8 Å². The second-order valence-electron chi connectivity index (χ2n) is 8.81. The van der Waals surface area contributed by atoms with E-state index in [1.807, 2.05) is 35.9 Å². The molecule has 1 aliphatic rings. The van der Waals surface area contributed by atoms with Crippen LogP contribution < -0.4 is 5.32 Å². The van der Waals surface area contributed by atoms with Crippen LogP contribution in [0.15, 0.2) is 78.1 Å². The lowest BCUT2D eigenvalue weighted by Crippen LogP contribution is -2.48. The molecule has 4 aromatic rings. The number of hydrogen-bond acceptors (Lipinski definition) is 4. The Morgan fingerprint density at radius 2 is 1.86 bits per heavy atom. The maximum atomic E-state index is 13.3. The fourth-order valence-corrected chi connectivity index (χ4v) is 5.80. The summed E-state index contributed by atoms with van der Waals surface area (Å²) in [5.74, 6) is 5.32. The number of rotatable bonds is 5. The van der Waals surface area contributed by atoms with Gasteiger partial charge in [-0.1, -0.05) is 18.8 Å². The Morgan fingerprint density at radius 3 is 2.61 bits per heavy atom. The lowest BCUT2D eigenvalue weighted by atomic mass is 10.1. The van der Waals surface area contributed by atoms with E-state index in [9.17, 15) is 17.6 Å². The molecule has 1 aliphatic heterocycles. The molecule has 36 heavy (non-hydrogen) atoms. The zero-order chi connectivity index (χ0) is 25.3. The van der Waals surface area contributed by atoms with Crippen LogP contribution in [0, 0.1) is 23.6 Å². The quantitative estimate of drug-likeness (QED) is 0.424. The van der Waals surface area contributed by atoms with Gasteiger partial charge in [-0.05, 0) is 66.1 Å². The molecule has 1 N–H and O–H groups in total. The molecule has 9 heteroatoms. The van der Waals surface area contributed by atoms with Crippen molar-refractivity contribution < 1.29 is 17.6 Å². The minimum atomic E-state index is -3.76. The van der Waals surface area contributed by atoms with E-state index in [1.165, 1.54) is 46.8 Å². The molecule has 0 unspecified atom stereocenters. The van der Waals surface area contributed by atoms with Crippen molar-refractivity contribution in [2.45, 2.75) is 18.4 Å². The van der Waals surface area contributed by atoms with Gasteiger partial charge in [0, 0.05) is 54.9 Å². The fourth-order valence-electron chi connectivity index (χ4n) is 3.99. The van der Waals surface area contributed by atoms with Crippen LogP contribution in [0.25, 0.3) is 5.65 Å². The van der Waals surface area contributed by atoms with E-state index in [-0.39, 0.29) is 34.3 Å².